The highest BCUT2D eigenvalue weighted by molar-refractivity contribution is 6.30. The summed E-state index contributed by atoms with van der Waals surface area (Å²) in [4.78, 5) is 21.3. The fourth-order valence-electron chi connectivity index (χ4n) is 4.20. The van der Waals surface area contributed by atoms with Crippen LogP contribution in [0, 0.1) is 5.92 Å². The molecule has 0 aliphatic carbocycles. The Kier molecular flexibility index (Phi) is 8.78. The van der Waals surface area contributed by atoms with Gasteiger partial charge in [0.05, 0.1) is 31.8 Å². The van der Waals surface area contributed by atoms with Crippen molar-refractivity contribution >= 4 is 23.5 Å². The zero-order valence-electron chi connectivity index (χ0n) is 18.0. The number of rotatable bonds is 6. The summed E-state index contributed by atoms with van der Waals surface area (Å²) in [5, 5.41) is 4.28. The van der Waals surface area contributed by atoms with E-state index in [2.05, 4.69) is 26.2 Å². The third-order valence-corrected chi connectivity index (χ3v) is 5.96. The lowest BCUT2D eigenvalue weighted by atomic mass is 9.98. The first-order valence-corrected chi connectivity index (χ1v) is 11.2. The van der Waals surface area contributed by atoms with Crippen molar-refractivity contribution in [1.29, 1.82) is 0 Å². The number of hydrogen-bond acceptors (Lipinski definition) is 5. The lowest BCUT2D eigenvalue weighted by molar-refractivity contribution is -0.149. The highest BCUT2D eigenvalue weighted by Crippen LogP contribution is 2.24. The Hall–Kier alpha value is -1.83. The molecule has 166 valence electrons. The molecule has 0 saturated carbocycles. The Bertz CT molecular complexity index is 724. The lowest BCUT2D eigenvalue weighted by Gasteiger charge is -2.37. The fraction of sp³-hybridized carbons (Fsp3) is 0.636. The van der Waals surface area contributed by atoms with Gasteiger partial charge in [-0.3, -0.25) is 14.7 Å². The van der Waals surface area contributed by atoms with E-state index >= 15 is 0 Å². The molecular formula is C22H33ClN4O3. The van der Waals surface area contributed by atoms with Crippen LogP contribution in [-0.2, 0) is 14.3 Å². The van der Waals surface area contributed by atoms with Gasteiger partial charge in [0.1, 0.15) is 0 Å². The zero-order chi connectivity index (χ0) is 21.3. The molecule has 7 nitrogen and oxygen atoms in total. The quantitative estimate of drug-likeness (QED) is 0.420. The summed E-state index contributed by atoms with van der Waals surface area (Å²) in [7, 11) is 1.79. The highest BCUT2D eigenvalue weighted by atomic mass is 35.5. The molecule has 1 aromatic carbocycles. The Morgan fingerprint density at radius 1 is 1.37 bits per heavy atom. The number of esters is 1. The number of hydrogen-bond donors (Lipinski definition) is 1. The van der Waals surface area contributed by atoms with Crippen molar-refractivity contribution in [2.24, 2.45) is 10.9 Å². The summed E-state index contributed by atoms with van der Waals surface area (Å²) in [5.41, 5.74) is 1.18. The number of piperidine rings is 1. The number of nitrogens with one attached hydrogen (secondary N) is 1. The van der Waals surface area contributed by atoms with Crippen molar-refractivity contribution in [2.45, 2.75) is 25.8 Å². The molecule has 8 heteroatoms. The molecule has 0 radical (unpaired) electrons. The van der Waals surface area contributed by atoms with Crippen LogP contribution >= 0.6 is 11.6 Å². The van der Waals surface area contributed by atoms with Crippen molar-refractivity contribution < 1.29 is 14.3 Å². The molecule has 2 unspecified atom stereocenters. The van der Waals surface area contributed by atoms with E-state index < -0.39 is 0 Å². The van der Waals surface area contributed by atoms with Crippen LogP contribution in [0.3, 0.4) is 0 Å². The van der Waals surface area contributed by atoms with Gasteiger partial charge in [0, 0.05) is 44.8 Å². The molecule has 2 atom stereocenters. The van der Waals surface area contributed by atoms with Crippen LogP contribution in [-0.4, -0.2) is 81.3 Å². The van der Waals surface area contributed by atoms with Crippen LogP contribution in [0.15, 0.2) is 29.3 Å². The van der Waals surface area contributed by atoms with Gasteiger partial charge in [-0.1, -0.05) is 23.7 Å². The van der Waals surface area contributed by atoms with E-state index in [0.717, 1.165) is 56.7 Å². The van der Waals surface area contributed by atoms with E-state index in [1.54, 1.807) is 7.05 Å². The number of ether oxygens (including phenoxy) is 2. The van der Waals surface area contributed by atoms with Gasteiger partial charge in [0.2, 0.25) is 0 Å². The number of likely N-dealkylation sites (tertiary alicyclic amines) is 1. The van der Waals surface area contributed by atoms with Crippen molar-refractivity contribution in [3.8, 4) is 0 Å². The van der Waals surface area contributed by atoms with Crippen molar-refractivity contribution in [1.82, 2.24) is 15.1 Å². The van der Waals surface area contributed by atoms with E-state index in [0.29, 0.717) is 19.7 Å². The smallest absolute Gasteiger partial charge is 0.310 e. The second kappa shape index (κ2) is 11.5. The van der Waals surface area contributed by atoms with Crippen molar-refractivity contribution in [3.63, 3.8) is 0 Å². The van der Waals surface area contributed by atoms with Gasteiger partial charge in [0.25, 0.3) is 0 Å². The highest BCUT2D eigenvalue weighted by Gasteiger charge is 2.29. The van der Waals surface area contributed by atoms with Gasteiger partial charge in [-0.05, 0) is 37.5 Å². The van der Waals surface area contributed by atoms with Crippen LogP contribution in [0.5, 0.6) is 0 Å². The number of morpholine rings is 1. The van der Waals surface area contributed by atoms with Gasteiger partial charge in [-0.15, -0.1) is 0 Å². The first kappa shape index (κ1) is 22.8. The molecular weight excluding hydrogens is 404 g/mol. The molecule has 30 heavy (non-hydrogen) atoms. The van der Waals surface area contributed by atoms with Gasteiger partial charge >= 0.3 is 5.97 Å². The molecule has 2 saturated heterocycles. The summed E-state index contributed by atoms with van der Waals surface area (Å²) in [6.45, 7) is 7.72. The van der Waals surface area contributed by atoms with Crippen LogP contribution < -0.4 is 5.32 Å². The minimum atomic E-state index is -0.109. The Balaban J connectivity index is 1.67. The fourth-order valence-corrected chi connectivity index (χ4v) is 4.40. The molecule has 2 fully saturated rings. The lowest BCUT2D eigenvalue weighted by Crippen LogP contribution is -2.50. The summed E-state index contributed by atoms with van der Waals surface area (Å²) < 4.78 is 10.8. The number of carbonyl (C=O) groups excluding carboxylic acids is 1. The summed E-state index contributed by atoms with van der Waals surface area (Å²) >= 11 is 6.27. The second-order valence-electron chi connectivity index (χ2n) is 7.68. The van der Waals surface area contributed by atoms with Gasteiger partial charge in [-0.25, -0.2) is 0 Å². The largest absolute Gasteiger partial charge is 0.466 e. The van der Waals surface area contributed by atoms with Gasteiger partial charge in [0.15, 0.2) is 5.96 Å². The minimum Gasteiger partial charge on any atom is -0.466 e. The first-order chi connectivity index (χ1) is 14.6. The SMILES string of the molecule is CCOC(=O)C1CCCN(C(=NC)NCC(c2cccc(Cl)c2)N2CCOCC2)C1. The molecule has 0 amide bonds. The Morgan fingerprint density at radius 2 is 2.17 bits per heavy atom. The maximum Gasteiger partial charge on any atom is 0.310 e. The average molecular weight is 437 g/mol. The summed E-state index contributed by atoms with van der Waals surface area (Å²) in [6, 6.07) is 8.21. The molecule has 1 N–H and O–H groups in total. The molecule has 2 aliphatic heterocycles. The maximum absolute atomic E-state index is 12.2. The number of halogens is 1. The van der Waals surface area contributed by atoms with Crippen molar-refractivity contribution in [3.05, 3.63) is 34.9 Å². The van der Waals surface area contributed by atoms with E-state index in [9.17, 15) is 4.79 Å². The van der Waals surface area contributed by atoms with E-state index in [-0.39, 0.29) is 17.9 Å². The van der Waals surface area contributed by atoms with Gasteiger partial charge in [-0.2, -0.15) is 0 Å². The standard InChI is InChI=1S/C22H33ClN4O3/c1-3-30-21(28)18-7-5-9-27(16-18)22(24-2)25-15-20(26-10-12-29-13-11-26)17-6-4-8-19(23)14-17/h4,6,8,14,18,20H,3,5,7,9-13,15-16H2,1-2H3,(H,24,25). The molecule has 3 rings (SSSR count). The molecule has 0 spiro atoms. The number of carbonyl (C=O) groups is 1. The molecule has 0 bridgehead atoms. The predicted octanol–water partition coefficient (Wildman–Crippen LogP) is 2.56. The molecule has 2 aliphatic rings. The third-order valence-electron chi connectivity index (χ3n) is 5.73. The number of nitrogens with zero attached hydrogens (tertiary/aromatic N) is 3. The molecule has 1 aromatic rings. The molecule has 0 aromatic heterocycles. The maximum atomic E-state index is 12.2. The summed E-state index contributed by atoms with van der Waals surface area (Å²) in [5.74, 6) is 0.618. The Labute approximate surface area is 184 Å². The second-order valence-corrected chi connectivity index (χ2v) is 8.12. The van der Waals surface area contributed by atoms with Gasteiger partial charge < -0.3 is 19.7 Å². The zero-order valence-corrected chi connectivity index (χ0v) is 18.7. The van der Waals surface area contributed by atoms with Crippen LogP contribution in [0.25, 0.3) is 0 Å². The first-order valence-electron chi connectivity index (χ1n) is 10.8. The van der Waals surface area contributed by atoms with Crippen LogP contribution in [0.4, 0.5) is 0 Å². The normalized spacial score (nSPS) is 21.9. The summed E-state index contributed by atoms with van der Waals surface area (Å²) in [6.07, 6.45) is 1.82. The van der Waals surface area contributed by atoms with E-state index in [1.807, 2.05) is 25.1 Å². The average Bonchev–Trinajstić information content (AvgIpc) is 2.78. The van der Waals surface area contributed by atoms with E-state index in [4.69, 9.17) is 21.1 Å². The number of aliphatic imine (C=N–C) groups is 1. The minimum absolute atomic E-state index is 0.0970. The Morgan fingerprint density at radius 3 is 2.87 bits per heavy atom. The predicted molar refractivity (Wildman–Crippen MR) is 119 cm³/mol. The third kappa shape index (κ3) is 6.09. The van der Waals surface area contributed by atoms with Crippen molar-refractivity contribution in [2.75, 3.05) is 59.6 Å². The van der Waals surface area contributed by atoms with E-state index in [1.165, 1.54) is 5.56 Å². The van der Waals surface area contributed by atoms with Crippen LogP contribution in [0.1, 0.15) is 31.4 Å². The van der Waals surface area contributed by atoms with Crippen LogP contribution in [0.2, 0.25) is 5.02 Å². The molecule has 2 heterocycles. The number of benzene rings is 1. The number of guanidine groups is 1. The topological polar surface area (TPSA) is 66.4 Å². The monoisotopic (exact) mass is 436 g/mol.